The molecule has 7 nitrogen and oxygen atoms in total. The summed E-state index contributed by atoms with van der Waals surface area (Å²) in [4.78, 5) is 33.7. The molecule has 3 rings (SSSR count). The van der Waals surface area contributed by atoms with Crippen LogP contribution in [0.15, 0.2) is 17.0 Å². The van der Waals surface area contributed by atoms with Gasteiger partial charge in [0.05, 0.1) is 12.7 Å². The van der Waals surface area contributed by atoms with E-state index < -0.39 is 18.7 Å². The van der Waals surface area contributed by atoms with Gasteiger partial charge in [0.25, 0.3) is 0 Å². The maximum Gasteiger partial charge on any atom is 0.587 e. The van der Waals surface area contributed by atoms with Crippen molar-refractivity contribution in [3.05, 3.63) is 17.0 Å². The Labute approximate surface area is 117 Å². The topological polar surface area (TPSA) is 81.6 Å². The summed E-state index contributed by atoms with van der Waals surface area (Å²) in [6, 6.07) is 0. The molecule has 1 spiro atoms. The number of aromatic nitrogens is 2. The summed E-state index contributed by atoms with van der Waals surface area (Å²) in [5, 5.41) is 0. The summed E-state index contributed by atoms with van der Waals surface area (Å²) >= 11 is 3.16. The van der Waals surface area contributed by atoms with Crippen molar-refractivity contribution in [1.82, 2.24) is 14.9 Å². The van der Waals surface area contributed by atoms with Gasteiger partial charge in [0.15, 0.2) is 5.78 Å². The normalized spacial score (nSPS) is 27.4. The standard InChI is InChI=1S/C10H9BBrN3O4/c1-15-4-6(16)10(5-15)9(17)18-11(19-10)7-2-14-8(12)3-13-7/h2-3H,4-5H2,1H3. The van der Waals surface area contributed by atoms with Crippen LogP contribution in [0.3, 0.4) is 0 Å². The molecule has 2 aliphatic heterocycles. The van der Waals surface area contributed by atoms with Gasteiger partial charge in [0.1, 0.15) is 10.2 Å². The van der Waals surface area contributed by atoms with E-state index in [1.54, 1.807) is 11.9 Å². The van der Waals surface area contributed by atoms with E-state index in [-0.39, 0.29) is 18.9 Å². The minimum Gasteiger partial charge on any atom is -0.502 e. The predicted octanol–water partition coefficient (Wildman–Crippen LogP) is -1.24. The molecule has 0 aliphatic carbocycles. The van der Waals surface area contributed by atoms with E-state index in [1.165, 1.54) is 12.4 Å². The van der Waals surface area contributed by atoms with Crippen molar-refractivity contribution >= 4 is 40.4 Å². The molecule has 0 saturated carbocycles. The zero-order valence-electron chi connectivity index (χ0n) is 10.00. The van der Waals surface area contributed by atoms with Crippen molar-refractivity contribution in [2.45, 2.75) is 5.60 Å². The first kappa shape index (κ1) is 12.7. The molecule has 3 heterocycles. The van der Waals surface area contributed by atoms with Crippen molar-refractivity contribution < 1.29 is 18.9 Å². The van der Waals surface area contributed by atoms with Gasteiger partial charge in [-0.15, -0.1) is 0 Å². The van der Waals surface area contributed by atoms with Crippen molar-refractivity contribution in [3.8, 4) is 0 Å². The summed E-state index contributed by atoms with van der Waals surface area (Å²) in [7, 11) is 0.763. The number of ketones is 1. The van der Waals surface area contributed by atoms with Crippen LogP contribution in [0, 0.1) is 0 Å². The molecular weight excluding hydrogens is 317 g/mol. The van der Waals surface area contributed by atoms with E-state index in [1.807, 2.05) is 0 Å². The lowest BCUT2D eigenvalue weighted by atomic mass is 9.85. The lowest BCUT2D eigenvalue weighted by molar-refractivity contribution is -0.148. The van der Waals surface area contributed by atoms with E-state index in [0.717, 1.165) is 0 Å². The van der Waals surface area contributed by atoms with Gasteiger partial charge >= 0.3 is 13.1 Å². The third-order valence-corrected chi connectivity index (χ3v) is 3.50. The highest BCUT2D eigenvalue weighted by molar-refractivity contribution is 9.10. The van der Waals surface area contributed by atoms with Gasteiger partial charge in [0.2, 0.25) is 5.60 Å². The maximum atomic E-state index is 12.0. The predicted molar refractivity (Wildman–Crippen MR) is 67.5 cm³/mol. The van der Waals surface area contributed by atoms with E-state index in [2.05, 4.69) is 25.9 Å². The van der Waals surface area contributed by atoms with Crippen LogP contribution in [0.25, 0.3) is 0 Å². The smallest absolute Gasteiger partial charge is 0.502 e. The molecule has 19 heavy (non-hydrogen) atoms. The molecular formula is C10H9BBrN3O4. The summed E-state index contributed by atoms with van der Waals surface area (Å²) < 4.78 is 11.2. The first-order valence-electron chi connectivity index (χ1n) is 5.59. The molecule has 98 valence electrons. The lowest BCUT2D eigenvalue weighted by Gasteiger charge is -2.16. The molecule has 1 atom stereocenters. The third-order valence-electron chi connectivity index (χ3n) is 3.09. The number of hydrogen-bond donors (Lipinski definition) is 0. The van der Waals surface area contributed by atoms with Crippen molar-refractivity contribution in [2.75, 3.05) is 20.1 Å². The molecule has 0 amide bonds. The van der Waals surface area contributed by atoms with Gasteiger partial charge in [-0.1, -0.05) is 0 Å². The van der Waals surface area contributed by atoms with E-state index in [9.17, 15) is 9.59 Å². The average molecular weight is 326 g/mol. The second-order valence-corrected chi connectivity index (χ2v) is 5.35. The molecule has 1 aromatic rings. The van der Waals surface area contributed by atoms with Crippen LogP contribution in [0.4, 0.5) is 0 Å². The highest BCUT2D eigenvalue weighted by Gasteiger charge is 2.62. The fourth-order valence-electron chi connectivity index (χ4n) is 2.19. The van der Waals surface area contributed by atoms with E-state index in [0.29, 0.717) is 10.2 Å². The number of halogens is 1. The van der Waals surface area contributed by atoms with Crippen molar-refractivity contribution in [1.29, 1.82) is 0 Å². The second-order valence-electron chi connectivity index (χ2n) is 4.54. The third kappa shape index (κ3) is 1.97. The Morgan fingerprint density at radius 3 is 2.79 bits per heavy atom. The Morgan fingerprint density at radius 1 is 1.42 bits per heavy atom. The van der Waals surface area contributed by atoms with Crippen LogP contribution in [0.5, 0.6) is 0 Å². The zero-order chi connectivity index (χ0) is 13.6. The van der Waals surface area contributed by atoms with E-state index in [4.69, 9.17) is 9.31 Å². The van der Waals surface area contributed by atoms with Crippen LogP contribution in [0.1, 0.15) is 0 Å². The minimum absolute atomic E-state index is 0.174. The number of rotatable bonds is 1. The number of hydrogen-bond acceptors (Lipinski definition) is 7. The van der Waals surface area contributed by atoms with Crippen molar-refractivity contribution in [3.63, 3.8) is 0 Å². The van der Waals surface area contributed by atoms with E-state index >= 15 is 0 Å². The second kappa shape index (κ2) is 4.36. The van der Waals surface area contributed by atoms with Crippen LogP contribution in [0.2, 0.25) is 0 Å². The molecule has 9 heteroatoms. The molecule has 0 N–H and O–H groups in total. The molecule has 0 radical (unpaired) electrons. The molecule has 1 unspecified atom stereocenters. The van der Waals surface area contributed by atoms with Crippen LogP contribution in [-0.4, -0.2) is 59.5 Å². The minimum atomic E-state index is -1.51. The Morgan fingerprint density at radius 2 is 2.21 bits per heavy atom. The van der Waals surface area contributed by atoms with Crippen LogP contribution < -0.4 is 5.59 Å². The molecule has 2 fully saturated rings. The Kier molecular flexibility index (Phi) is 2.92. The monoisotopic (exact) mass is 325 g/mol. The maximum absolute atomic E-state index is 12.0. The molecule has 2 aliphatic rings. The number of Topliss-reactive ketones (excluding diaryl/α,β-unsaturated/α-hetero) is 1. The largest absolute Gasteiger partial charge is 0.587 e. The number of carbonyl (C=O) groups is 2. The fraction of sp³-hybridized carbons (Fsp3) is 0.400. The van der Waals surface area contributed by atoms with Gasteiger partial charge in [0, 0.05) is 12.7 Å². The van der Waals surface area contributed by atoms with Gasteiger partial charge in [-0.3, -0.25) is 19.5 Å². The summed E-state index contributed by atoms with van der Waals surface area (Å²) in [6.07, 6.45) is 2.91. The van der Waals surface area contributed by atoms with Gasteiger partial charge in [-0.2, -0.15) is 0 Å². The number of nitrogens with zero attached hydrogens (tertiary/aromatic N) is 3. The molecule has 1 aromatic heterocycles. The molecule has 2 saturated heterocycles. The quantitative estimate of drug-likeness (QED) is 0.472. The van der Waals surface area contributed by atoms with Crippen LogP contribution in [-0.2, 0) is 18.9 Å². The highest BCUT2D eigenvalue weighted by atomic mass is 79.9. The number of likely N-dealkylation sites (tertiary alicyclic amines) is 1. The Bertz CT molecular complexity index is 554. The molecule has 0 aromatic carbocycles. The summed E-state index contributed by atoms with van der Waals surface area (Å²) in [5.74, 6) is -0.941. The zero-order valence-corrected chi connectivity index (χ0v) is 11.6. The Balaban J connectivity index is 1.88. The Hall–Kier alpha value is -1.32. The van der Waals surface area contributed by atoms with Gasteiger partial charge < -0.3 is 9.31 Å². The van der Waals surface area contributed by atoms with Gasteiger partial charge in [-0.05, 0) is 23.0 Å². The fourth-order valence-corrected chi connectivity index (χ4v) is 2.40. The van der Waals surface area contributed by atoms with Crippen molar-refractivity contribution in [2.24, 2.45) is 0 Å². The number of likely N-dealkylation sites (N-methyl/N-ethyl adjacent to an activating group) is 1. The highest BCUT2D eigenvalue weighted by Crippen LogP contribution is 2.29. The summed E-state index contributed by atoms with van der Waals surface area (Å²) in [6.45, 7) is 0.374. The first-order chi connectivity index (χ1) is 9.01. The number of carbonyl (C=O) groups excluding carboxylic acids is 2. The average Bonchev–Trinajstić information content (AvgIpc) is 2.82. The SMILES string of the molecule is CN1CC(=O)C2(C1)OB(c1cnc(Br)cn1)OC2=O. The summed E-state index contributed by atoms with van der Waals surface area (Å²) in [5.41, 5.74) is -1.15. The first-order valence-corrected chi connectivity index (χ1v) is 6.39. The van der Waals surface area contributed by atoms with Crippen LogP contribution >= 0.6 is 15.9 Å². The van der Waals surface area contributed by atoms with Gasteiger partial charge in [-0.25, -0.2) is 4.98 Å². The lowest BCUT2D eigenvalue weighted by Crippen LogP contribution is -2.46. The molecule has 0 bridgehead atoms.